The molecular weight excluding hydrogens is 381 g/mol. The van der Waals surface area contributed by atoms with Crippen LogP contribution in [0.15, 0.2) is 53.5 Å². The van der Waals surface area contributed by atoms with Crippen LogP contribution in [0.4, 0.5) is 18.9 Å². The van der Waals surface area contributed by atoms with E-state index in [1.165, 1.54) is 12.1 Å². The molecule has 0 bridgehead atoms. The minimum Gasteiger partial charge on any atom is -0.357 e. The van der Waals surface area contributed by atoms with Gasteiger partial charge in [0.2, 0.25) is 5.91 Å². The lowest BCUT2D eigenvalue weighted by Crippen LogP contribution is -2.41. The van der Waals surface area contributed by atoms with Gasteiger partial charge < -0.3 is 16.0 Å². The predicted octanol–water partition coefficient (Wildman–Crippen LogP) is 3.38. The van der Waals surface area contributed by atoms with Crippen LogP contribution in [0.3, 0.4) is 0 Å². The van der Waals surface area contributed by atoms with Crippen molar-refractivity contribution in [3.63, 3.8) is 0 Å². The fourth-order valence-electron chi connectivity index (χ4n) is 2.37. The van der Waals surface area contributed by atoms with Gasteiger partial charge in [0.15, 0.2) is 5.96 Å². The molecule has 2 aromatic rings. The Morgan fingerprint density at radius 1 is 1.14 bits per heavy atom. The molecule has 0 aromatic heterocycles. The van der Waals surface area contributed by atoms with Gasteiger partial charge in [0.05, 0.1) is 18.7 Å². The molecule has 0 atom stereocenters. The molecule has 3 N–H and O–H groups in total. The maximum Gasteiger partial charge on any atom is 0.416 e. The first-order valence-corrected chi connectivity index (χ1v) is 8.86. The molecule has 0 saturated heterocycles. The molecule has 5 nitrogen and oxygen atoms in total. The highest BCUT2D eigenvalue weighted by molar-refractivity contribution is 5.95. The molecule has 0 saturated carbocycles. The van der Waals surface area contributed by atoms with E-state index in [0.29, 0.717) is 29.3 Å². The van der Waals surface area contributed by atoms with Crippen molar-refractivity contribution in [3.05, 3.63) is 65.2 Å². The summed E-state index contributed by atoms with van der Waals surface area (Å²) in [5, 5.41) is 8.58. The number of hydrogen-bond acceptors (Lipinski definition) is 2. The first-order valence-electron chi connectivity index (χ1n) is 8.86. The molecule has 8 heteroatoms. The number of amides is 1. The number of guanidine groups is 1. The summed E-state index contributed by atoms with van der Waals surface area (Å²) >= 11 is 0. The van der Waals surface area contributed by atoms with E-state index in [2.05, 4.69) is 26.9 Å². The number of aliphatic imine (C=N–C) groups is 1. The molecule has 0 aliphatic heterocycles. The van der Waals surface area contributed by atoms with E-state index in [4.69, 9.17) is 6.42 Å². The molecular formula is C21H21F3N4O. The zero-order valence-corrected chi connectivity index (χ0v) is 15.8. The van der Waals surface area contributed by atoms with Crippen molar-refractivity contribution >= 4 is 17.6 Å². The number of hydrogen-bond donors (Lipinski definition) is 3. The van der Waals surface area contributed by atoms with Crippen molar-refractivity contribution in [3.8, 4) is 12.3 Å². The number of halogens is 3. The highest BCUT2D eigenvalue weighted by atomic mass is 19.4. The molecule has 2 rings (SSSR count). The average molecular weight is 402 g/mol. The van der Waals surface area contributed by atoms with Gasteiger partial charge in [-0.3, -0.25) is 4.79 Å². The Kier molecular flexibility index (Phi) is 7.66. The van der Waals surface area contributed by atoms with Crippen molar-refractivity contribution < 1.29 is 18.0 Å². The minimum atomic E-state index is -4.37. The van der Waals surface area contributed by atoms with Gasteiger partial charge in [0.1, 0.15) is 0 Å². The van der Waals surface area contributed by atoms with Gasteiger partial charge in [-0.25, -0.2) is 4.99 Å². The second-order valence-electron chi connectivity index (χ2n) is 6.02. The van der Waals surface area contributed by atoms with Crippen molar-refractivity contribution in [2.24, 2.45) is 4.99 Å². The largest absolute Gasteiger partial charge is 0.416 e. The Labute approximate surface area is 167 Å². The summed E-state index contributed by atoms with van der Waals surface area (Å²) in [6.07, 6.45) is 0.968. The van der Waals surface area contributed by atoms with E-state index in [1.54, 1.807) is 24.3 Å². The zero-order chi connectivity index (χ0) is 21.3. The predicted molar refractivity (Wildman–Crippen MR) is 107 cm³/mol. The lowest BCUT2D eigenvalue weighted by molar-refractivity contribution is -0.137. The summed E-state index contributed by atoms with van der Waals surface area (Å²) in [4.78, 5) is 16.4. The second-order valence-corrected chi connectivity index (χ2v) is 6.02. The fourth-order valence-corrected chi connectivity index (χ4v) is 2.37. The third-order valence-corrected chi connectivity index (χ3v) is 3.77. The normalized spacial score (nSPS) is 11.5. The standard InChI is InChI=1S/C21H21F3N4O/c1-3-15-6-5-7-18(12-15)28-19(29)14-27-20(25-4-2)26-13-16-8-10-17(11-9-16)21(22,23)24/h1,5-12H,4,13-14H2,2H3,(H,28,29)(H2,25,26,27). The summed E-state index contributed by atoms with van der Waals surface area (Å²) in [5.41, 5.74) is 1.15. The average Bonchev–Trinajstić information content (AvgIpc) is 2.70. The third-order valence-electron chi connectivity index (χ3n) is 3.77. The second kappa shape index (κ2) is 10.2. The molecule has 0 unspecified atom stereocenters. The number of alkyl halides is 3. The number of anilines is 1. The molecule has 29 heavy (non-hydrogen) atoms. The Morgan fingerprint density at radius 2 is 1.86 bits per heavy atom. The molecule has 0 heterocycles. The van der Waals surface area contributed by atoms with Gasteiger partial charge in [-0.15, -0.1) is 6.42 Å². The molecule has 0 aliphatic carbocycles. The Bertz CT molecular complexity index is 899. The van der Waals surface area contributed by atoms with Gasteiger partial charge >= 0.3 is 6.18 Å². The molecule has 0 aliphatic rings. The summed E-state index contributed by atoms with van der Waals surface area (Å²) in [5.74, 6) is 2.58. The van der Waals surface area contributed by atoms with E-state index < -0.39 is 11.7 Å². The van der Waals surface area contributed by atoms with E-state index in [1.807, 2.05) is 6.92 Å². The third kappa shape index (κ3) is 7.22. The first-order chi connectivity index (χ1) is 13.8. The van der Waals surface area contributed by atoms with Gasteiger partial charge in [-0.1, -0.05) is 24.1 Å². The zero-order valence-electron chi connectivity index (χ0n) is 15.8. The van der Waals surface area contributed by atoms with Crippen LogP contribution in [-0.2, 0) is 17.5 Å². The SMILES string of the molecule is C#Cc1cccc(NC(=O)CNC(=NCc2ccc(C(F)(F)F)cc2)NCC)c1. The molecule has 0 fully saturated rings. The van der Waals surface area contributed by atoms with Crippen LogP contribution in [0.25, 0.3) is 0 Å². The van der Waals surface area contributed by atoms with Gasteiger partial charge in [-0.2, -0.15) is 13.2 Å². The van der Waals surface area contributed by atoms with Crippen LogP contribution < -0.4 is 16.0 Å². The van der Waals surface area contributed by atoms with E-state index in [0.717, 1.165) is 12.1 Å². The summed E-state index contributed by atoms with van der Waals surface area (Å²) < 4.78 is 37.8. The van der Waals surface area contributed by atoms with E-state index in [-0.39, 0.29) is 19.0 Å². The summed E-state index contributed by atoms with van der Waals surface area (Å²) in [6, 6.07) is 11.7. The van der Waals surface area contributed by atoms with Gasteiger partial charge in [0, 0.05) is 17.8 Å². The van der Waals surface area contributed by atoms with Crippen LogP contribution in [0.5, 0.6) is 0 Å². The minimum absolute atomic E-state index is 0.0425. The summed E-state index contributed by atoms with van der Waals surface area (Å²) in [7, 11) is 0. The van der Waals surface area contributed by atoms with E-state index in [9.17, 15) is 18.0 Å². The topological polar surface area (TPSA) is 65.5 Å². The van der Waals surface area contributed by atoms with Gasteiger partial charge in [-0.05, 0) is 42.8 Å². The summed E-state index contributed by atoms with van der Waals surface area (Å²) in [6.45, 7) is 2.55. The lowest BCUT2D eigenvalue weighted by atomic mass is 10.1. The number of carbonyl (C=O) groups is 1. The van der Waals surface area contributed by atoms with Crippen molar-refractivity contribution in [2.75, 3.05) is 18.4 Å². The smallest absolute Gasteiger partial charge is 0.357 e. The monoisotopic (exact) mass is 402 g/mol. The Hall–Kier alpha value is -3.47. The van der Waals surface area contributed by atoms with Crippen LogP contribution in [-0.4, -0.2) is 25.0 Å². The Balaban J connectivity index is 1.93. The highest BCUT2D eigenvalue weighted by Crippen LogP contribution is 2.29. The number of carbonyl (C=O) groups excluding carboxylic acids is 1. The molecule has 0 radical (unpaired) electrons. The lowest BCUT2D eigenvalue weighted by Gasteiger charge is -2.12. The van der Waals surface area contributed by atoms with Crippen molar-refractivity contribution in [2.45, 2.75) is 19.6 Å². The molecule has 0 spiro atoms. The maximum atomic E-state index is 12.6. The Morgan fingerprint density at radius 3 is 2.48 bits per heavy atom. The van der Waals surface area contributed by atoms with Crippen LogP contribution >= 0.6 is 0 Å². The van der Waals surface area contributed by atoms with Crippen LogP contribution in [0, 0.1) is 12.3 Å². The molecule has 1 amide bonds. The van der Waals surface area contributed by atoms with Crippen LogP contribution in [0.2, 0.25) is 0 Å². The molecule has 152 valence electrons. The van der Waals surface area contributed by atoms with Gasteiger partial charge in [0.25, 0.3) is 0 Å². The van der Waals surface area contributed by atoms with Crippen molar-refractivity contribution in [1.82, 2.24) is 10.6 Å². The number of nitrogens with one attached hydrogen (secondary N) is 3. The highest BCUT2D eigenvalue weighted by Gasteiger charge is 2.29. The maximum absolute atomic E-state index is 12.6. The first kappa shape index (κ1) is 21.8. The van der Waals surface area contributed by atoms with Crippen molar-refractivity contribution in [1.29, 1.82) is 0 Å². The van der Waals surface area contributed by atoms with Crippen LogP contribution in [0.1, 0.15) is 23.6 Å². The van der Waals surface area contributed by atoms with E-state index >= 15 is 0 Å². The quantitative estimate of drug-likeness (QED) is 0.394. The number of terminal acetylenes is 1. The fraction of sp³-hybridized carbons (Fsp3) is 0.238. The number of rotatable bonds is 6. The number of benzene rings is 2. The molecule has 2 aromatic carbocycles. The number of nitrogens with zero attached hydrogens (tertiary/aromatic N) is 1.